The largest absolute Gasteiger partial charge is 0.496 e. The summed E-state index contributed by atoms with van der Waals surface area (Å²) in [6, 6.07) is 5.76. The van der Waals surface area contributed by atoms with Crippen molar-refractivity contribution in [2.24, 2.45) is 0 Å². The van der Waals surface area contributed by atoms with Crippen molar-refractivity contribution in [3.8, 4) is 17.0 Å². The van der Waals surface area contributed by atoms with Crippen LogP contribution in [0.5, 0.6) is 5.75 Å². The monoisotopic (exact) mass is 324 g/mol. The van der Waals surface area contributed by atoms with Crippen molar-refractivity contribution in [2.45, 2.75) is 13.3 Å². The normalized spacial score (nSPS) is 10.5. The molecule has 0 atom stereocenters. The van der Waals surface area contributed by atoms with Gasteiger partial charge in [-0.05, 0) is 35.0 Å². The second-order valence-electron chi connectivity index (χ2n) is 4.14. The highest BCUT2D eigenvalue weighted by atomic mass is 79.9. The second kappa shape index (κ2) is 5.44. The Morgan fingerprint density at radius 1 is 1.53 bits per heavy atom. The maximum Gasteiger partial charge on any atom is 0.309 e. The highest BCUT2D eigenvalue weighted by Crippen LogP contribution is 2.35. The number of benzene rings is 1. The van der Waals surface area contributed by atoms with E-state index in [1.54, 1.807) is 7.11 Å². The van der Waals surface area contributed by atoms with Crippen LogP contribution in [0.1, 0.15) is 11.3 Å². The van der Waals surface area contributed by atoms with Crippen LogP contribution in [0.25, 0.3) is 11.3 Å². The number of aryl methyl sites for hydroxylation is 1. The summed E-state index contributed by atoms with van der Waals surface area (Å²) in [5.41, 5.74) is 3.08. The molecular weight excluding hydrogens is 312 g/mol. The number of methoxy groups -OCH3 is 1. The minimum absolute atomic E-state index is 0.109. The van der Waals surface area contributed by atoms with Crippen LogP contribution in [0, 0.1) is 6.92 Å². The highest BCUT2D eigenvalue weighted by molar-refractivity contribution is 9.10. The Morgan fingerprint density at radius 3 is 2.89 bits per heavy atom. The van der Waals surface area contributed by atoms with Gasteiger partial charge in [-0.15, -0.1) is 0 Å². The molecule has 0 aliphatic carbocycles. The van der Waals surface area contributed by atoms with Crippen molar-refractivity contribution in [1.82, 2.24) is 10.2 Å². The first kappa shape index (κ1) is 13.6. The molecule has 100 valence electrons. The smallest absolute Gasteiger partial charge is 0.309 e. The fourth-order valence-electron chi connectivity index (χ4n) is 1.82. The van der Waals surface area contributed by atoms with E-state index in [2.05, 4.69) is 26.1 Å². The van der Waals surface area contributed by atoms with Crippen LogP contribution in [-0.4, -0.2) is 28.4 Å². The number of carbonyl (C=O) groups is 1. The Hall–Kier alpha value is -1.82. The quantitative estimate of drug-likeness (QED) is 0.906. The fraction of sp³-hybridized carbons (Fsp3) is 0.231. The number of H-pyrrole nitrogens is 1. The van der Waals surface area contributed by atoms with Gasteiger partial charge in [0.15, 0.2) is 0 Å². The van der Waals surface area contributed by atoms with Crippen LogP contribution in [-0.2, 0) is 11.2 Å². The molecule has 0 unspecified atom stereocenters. The van der Waals surface area contributed by atoms with Gasteiger partial charge in [-0.2, -0.15) is 5.10 Å². The standard InChI is InChI=1S/C13H13BrN2O3/c1-7-3-4-10(19-2)8(5-7)13-12(14)9(15-16-13)6-11(17)18/h3-5H,6H2,1-2H3,(H,15,16)(H,17,18). The number of halogens is 1. The van der Waals surface area contributed by atoms with E-state index in [1.165, 1.54) is 0 Å². The molecule has 0 radical (unpaired) electrons. The average molecular weight is 325 g/mol. The van der Waals surface area contributed by atoms with Crippen molar-refractivity contribution >= 4 is 21.9 Å². The molecule has 0 aliphatic rings. The van der Waals surface area contributed by atoms with Crippen LogP contribution < -0.4 is 4.74 Å². The number of carboxylic acid groups (broad SMARTS) is 1. The number of aromatic amines is 1. The second-order valence-corrected chi connectivity index (χ2v) is 4.93. The van der Waals surface area contributed by atoms with E-state index in [0.717, 1.165) is 11.1 Å². The molecule has 1 aromatic carbocycles. The molecule has 19 heavy (non-hydrogen) atoms. The predicted octanol–water partition coefficient (Wildman–Crippen LogP) is 2.78. The first-order chi connectivity index (χ1) is 9.02. The first-order valence-electron chi connectivity index (χ1n) is 5.62. The summed E-state index contributed by atoms with van der Waals surface area (Å²) in [7, 11) is 1.59. The lowest BCUT2D eigenvalue weighted by Crippen LogP contribution is -2.00. The number of ether oxygens (including phenoxy) is 1. The lowest BCUT2D eigenvalue weighted by molar-refractivity contribution is -0.136. The molecule has 0 spiro atoms. The number of nitrogens with zero attached hydrogens (tertiary/aromatic N) is 1. The van der Waals surface area contributed by atoms with E-state index in [0.29, 0.717) is 21.6 Å². The Bertz CT molecular complexity index is 622. The summed E-state index contributed by atoms with van der Waals surface area (Å²) in [6.45, 7) is 1.97. The molecular formula is C13H13BrN2O3. The zero-order valence-corrected chi connectivity index (χ0v) is 12.1. The van der Waals surface area contributed by atoms with Gasteiger partial charge in [0.2, 0.25) is 0 Å². The Kier molecular flexibility index (Phi) is 3.90. The molecule has 0 fully saturated rings. The third-order valence-corrected chi connectivity index (χ3v) is 3.57. The van der Waals surface area contributed by atoms with E-state index in [9.17, 15) is 4.79 Å². The fourth-order valence-corrected chi connectivity index (χ4v) is 2.35. The number of rotatable bonds is 4. The number of carboxylic acids is 1. The van der Waals surface area contributed by atoms with Gasteiger partial charge in [0.05, 0.1) is 23.7 Å². The van der Waals surface area contributed by atoms with Gasteiger partial charge in [-0.3, -0.25) is 9.89 Å². The number of aliphatic carboxylic acids is 1. The molecule has 0 aliphatic heterocycles. The van der Waals surface area contributed by atoms with Gasteiger partial charge < -0.3 is 9.84 Å². The average Bonchev–Trinajstić information content (AvgIpc) is 2.70. The van der Waals surface area contributed by atoms with Gasteiger partial charge in [-0.25, -0.2) is 0 Å². The minimum Gasteiger partial charge on any atom is -0.496 e. The van der Waals surface area contributed by atoms with Crippen molar-refractivity contribution < 1.29 is 14.6 Å². The summed E-state index contributed by atoms with van der Waals surface area (Å²) in [5, 5.41) is 15.7. The Morgan fingerprint density at radius 2 is 2.26 bits per heavy atom. The van der Waals surface area contributed by atoms with Crippen molar-refractivity contribution in [2.75, 3.05) is 7.11 Å². The van der Waals surface area contributed by atoms with Crippen molar-refractivity contribution in [1.29, 1.82) is 0 Å². The van der Waals surface area contributed by atoms with E-state index < -0.39 is 5.97 Å². The minimum atomic E-state index is -0.910. The third kappa shape index (κ3) is 2.78. The van der Waals surface area contributed by atoms with Crippen LogP contribution in [0.15, 0.2) is 22.7 Å². The molecule has 1 heterocycles. The third-order valence-electron chi connectivity index (χ3n) is 2.71. The van der Waals surface area contributed by atoms with E-state index in [1.807, 2.05) is 25.1 Å². The summed E-state index contributed by atoms with van der Waals surface area (Å²) in [5.74, 6) is -0.216. The van der Waals surface area contributed by atoms with E-state index >= 15 is 0 Å². The molecule has 2 aromatic rings. The topological polar surface area (TPSA) is 75.2 Å². The summed E-state index contributed by atoms with van der Waals surface area (Å²) in [6.07, 6.45) is -0.109. The van der Waals surface area contributed by atoms with Gasteiger partial charge in [0, 0.05) is 5.56 Å². The summed E-state index contributed by atoms with van der Waals surface area (Å²) >= 11 is 3.39. The zero-order valence-electron chi connectivity index (χ0n) is 10.5. The molecule has 5 nitrogen and oxygen atoms in total. The van der Waals surface area contributed by atoms with Gasteiger partial charge >= 0.3 is 5.97 Å². The molecule has 0 saturated carbocycles. The summed E-state index contributed by atoms with van der Waals surface area (Å²) < 4.78 is 5.96. The van der Waals surface area contributed by atoms with Gasteiger partial charge in [-0.1, -0.05) is 11.6 Å². The molecule has 0 amide bonds. The van der Waals surface area contributed by atoms with Crippen LogP contribution in [0.2, 0.25) is 0 Å². The molecule has 2 rings (SSSR count). The Balaban J connectivity index is 2.50. The lowest BCUT2D eigenvalue weighted by atomic mass is 10.1. The highest BCUT2D eigenvalue weighted by Gasteiger charge is 2.17. The molecule has 1 aromatic heterocycles. The number of nitrogens with one attached hydrogen (secondary N) is 1. The predicted molar refractivity (Wildman–Crippen MR) is 74.4 cm³/mol. The van der Waals surface area contributed by atoms with Crippen LogP contribution >= 0.6 is 15.9 Å². The van der Waals surface area contributed by atoms with Crippen LogP contribution in [0.3, 0.4) is 0 Å². The van der Waals surface area contributed by atoms with Crippen LogP contribution in [0.4, 0.5) is 0 Å². The molecule has 6 heteroatoms. The van der Waals surface area contributed by atoms with E-state index in [-0.39, 0.29) is 6.42 Å². The molecule has 0 saturated heterocycles. The van der Waals surface area contributed by atoms with Crippen molar-refractivity contribution in [3.05, 3.63) is 33.9 Å². The maximum atomic E-state index is 10.8. The number of hydrogen-bond donors (Lipinski definition) is 2. The first-order valence-corrected chi connectivity index (χ1v) is 6.41. The van der Waals surface area contributed by atoms with Gasteiger partial charge in [0.25, 0.3) is 0 Å². The Labute approximate surface area is 118 Å². The van der Waals surface area contributed by atoms with Crippen molar-refractivity contribution in [3.63, 3.8) is 0 Å². The summed E-state index contributed by atoms with van der Waals surface area (Å²) in [4.78, 5) is 10.8. The zero-order chi connectivity index (χ0) is 14.0. The lowest BCUT2D eigenvalue weighted by Gasteiger charge is -2.07. The molecule has 2 N–H and O–H groups in total. The van der Waals surface area contributed by atoms with Gasteiger partial charge in [0.1, 0.15) is 11.4 Å². The maximum absolute atomic E-state index is 10.8. The SMILES string of the molecule is COc1ccc(C)cc1-c1n[nH]c(CC(=O)O)c1Br. The number of aromatic nitrogens is 2. The van der Waals surface area contributed by atoms with E-state index in [4.69, 9.17) is 9.84 Å². The number of hydrogen-bond acceptors (Lipinski definition) is 3. The molecule has 0 bridgehead atoms.